The lowest BCUT2D eigenvalue weighted by molar-refractivity contribution is -0.158. The highest BCUT2D eigenvalue weighted by atomic mass is 19.1. The summed E-state index contributed by atoms with van der Waals surface area (Å²) in [5.41, 5.74) is 0.752. The Kier molecular flexibility index (Phi) is 5.97. The van der Waals surface area contributed by atoms with Gasteiger partial charge in [0.2, 0.25) is 0 Å². The molecule has 1 N–H and O–H groups in total. The van der Waals surface area contributed by atoms with Crippen LogP contribution in [0.4, 0.5) is 8.78 Å². The molecule has 0 saturated carbocycles. The van der Waals surface area contributed by atoms with Crippen molar-refractivity contribution in [2.75, 3.05) is 0 Å². The van der Waals surface area contributed by atoms with E-state index in [0.29, 0.717) is 24.8 Å². The molecule has 5 heteroatoms. The van der Waals surface area contributed by atoms with Gasteiger partial charge in [0.05, 0.1) is 0 Å². The van der Waals surface area contributed by atoms with Gasteiger partial charge in [-0.3, -0.25) is 4.79 Å². The summed E-state index contributed by atoms with van der Waals surface area (Å²) >= 11 is 0. The maximum atomic E-state index is 14.0. The van der Waals surface area contributed by atoms with Crippen LogP contribution in [-0.4, -0.2) is 23.7 Å². The monoisotopic (exact) mass is 339 g/mol. The van der Waals surface area contributed by atoms with E-state index in [-0.39, 0.29) is 12.0 Å². The molecule has 0 aromatic heterocycles. The smallest absolute Gasteiger partial charge is 0.323 e. The van der Waals surface area contributed by atoms with Gasteiger partial charge in [-0.2, -0.15) is 0 Å². The van der Waals surface area contributed by atoms with Crippen molar-refractivity contribution in [3.05, 3.63) is 34.9 Å². The summed E-state index contributed by atoms with van der Waals surface area (Å²) in [5.74, 6) is -1.30. The van der Waals surface area contributed by atoms with Crippen LogP contribution in [0.1, 0.15) is 58.1 Å². The van der Waals surface area contributed by atoms with Gasteiger partial charge in [0, 0.05) is 12.1 Å². The van der Waals surface area contributed by atoms with Gasteiger partial charge in [-0.05, 0) is 63.6 Å². The Hall–Kier alpha value is -1.49. The molecule has 1 aliphatic rings. The fourth-order valence-electron chi connectivity index (χ4n) is 3.14. The molecule has 0 radical (unpaired) electrons. The lowest BCUT2D eigenvalue weighted by Gasteiger charge is -2.31. The molecule has 0 heterocycles. The minimum absolute atomic E-state index is 0.0125. The predicted molar refractivity (Wildman–Crippen MR) is 89.8 cm³/mol. The third-order valence-electron chi connectivity index (χ3n) is 4.17. The van der Waals surface area contributed by atoms with Crippen LogP contribution in [0.15, 0.2) is 12.1 Å². The SMILES string of the molecule is CCC[C@H](N[C@@H]1CCc2cc(F)cc(F)c2C1)C(=O)OC(C)(C)C. The minimum atomic E-state index is -0.534. The first kappa shape index (κ1) is 18.8. The molecule has 0 bridgehead atoms. The predicted octanol–water partition coefficient (Wildman–Crippen LogP) is 3.92. The molecule has 0 fully saturated rings. The van der Waals surface area contributed by atoms with Crippen molar-refractivity contribution >= 4 is 5.97 Å². The Labute approximate surface area is 142 Å². The van der Waals surface area contributed by atoms with E-state index in [2.05, 4.69) is 5.32 Å². The Morgan fingerprint density at radius 1 is 1.38 bits per heavy atom. The van der Waals surface area contributed by atoms with Crippen LogP contribution in [0, 0.1) is 11.6 Å². The summed E-state index contributed by atoms with van der Waals surface area (Å²) in [4.78, 5) is 12.4. The Morgan fingerprint density at radius 3 is 2.71 bits per heavy atom. The first-order valence-electron chi connectivity index (χ1n) is 8.65. The number of halogens is 2. The summed E-state index contributed by atoms with van der Waals surface area (Å²) in [6.07, 6.45) is 3.34. The maximum absolute atomic E-state index is 14.0. The van der Waals surface area contributed by atoms with Gasteiger partial charge in [-0.15, -0.1) is 0 Å². The standard InChI is InChI=1S/C19H27F2NO2/c1-5-6-17(18(23)24-19(2,3)4)22-14-8-7-12-9-13(20)10-16(21)15(12)11-14/h9-10,14,17,22H,5-8,11H2,1-4H3/t14-,17+/m1/s1. The molecule has 1 aliphatic carbocycles. The number of hydrogen-bond donors (Lipinski definition) is 1. The van der Waals surface area contributed by atoms with Gasteiger partial charge < -0.3 is 10.1 Å². The fraction of sp³-hybridized carbons (Fsp3) is 0.632. The van der Waals surface area contributed by atoms with Gasteiger partial charge in [0.1, 0.15) is 23.3 Å². The zero-order valence-corrected chi connectivity index (χ0v) is 14.9. The van der Waals surface area contributed by atoms with Crippen molar-refractivity contribution < 1.29 is 18.3 Å². The van der Waals surface area contributed by atoms with Crippen molar-refractivity contribution in [1.82, 2.24) is 5.32 Å². The number of ether oxygens (including phenoxy) is 1. The number of benzene rings is 1. The van der Waals surface area contributed by atoms with Crippen molar-refractivity contribution in [2.45, 2.75) is 77.5 Å². The molecule has 2 rings (SSSR count). The Balaban J connectivity index is 2.07. The van der Waals surface area contributed by atoms with E-state index in [0.717, 1.165) is 24.5 Å². The topological polar surface area (TPSA) is 38.3 Å². The molecule has 24 heavy (non-hydrogen) atoms. The molecule has 1 aromatic rings. The summed E-state index contributed by atoms with van der Waals surface area (Å²) in [7, 11) is 0. The second kappa shape index (κ2) is 7.60. The Morgan fingerprint density at radius 2 is 2.08 bits per heavy atom. The van der Waals surface area contributed by atoms with Crippen LogP contribution < -0.4 is 5.32 Å². The largest absolute Gasteiger partial charge is 0.459 e. The lowest BCUT2D eigenvalue weighted by Crippen LogP contribution is -2.48. The van der Waals surface area contributed by atoms with E-state index in [1.165, 1.54) is 6.07 Å². The number of carbonyl (C=O) groups excluding carboxylic acids is 1. The van der Waals surface area contributed by atoms with Crippen LogP contribution in [-0.2, 0) is 22.4 Å². The number of nitrogens with one attached hydrogen (secondary N) is 1. The van der Waals surface area contributed by atoms with E-state index < -0.39 is 23.3 Å². The van der Waals surface area contributed by atoms with Gasteiger partial charge in [0.25, 0.3) is 0 Å². The fourth-order valence-corrected chi connectivity index (χ4v) is 3.14. The van der Waals surface area contributed by atoms with Gasteiger partial charge in [0.15, 0.2) is 0 Å². The quantitative estimate of drug-likeness (QED) is 0.826. The minimum Gasteiger partial charge on any atom is -0.459 e. The van der Waals surface area contributed by atoms with Crippen molar-refractivity contribution in [2.24, 2.45) is 0 Å². The molecular formula is C19H27F2NO2. The van der Waals surface area contributed by atoms with Crippen LogP contribution in [0.25, 0.3) is 0 Å². The third-order valence-corrected chi connectivity index (χ3v) is 4.17. The van der Waals surface area contributed by atoms with Crippen molar-refractivity contribution in [1.29, 1.82) is 0 Å². The van der Waals surface area contributed by atoms with Gasteiger partial charge >= 0.3 is 5.97 Å². The highest BCUT2D eigenvalue weighted by Crippen LogP contribution is 2.26. The van der Waals surface area contributed by atoms with E-state index in [4.69, 9.17) is 4.74 Å². The second-order valence-electron chi connectivity index (χ2n) is 7.51. The number of aryl methyl sites for hydroxylation is 1. The van der Waals surface area contributed by atoms with Crippen molar-refractivity contribution in [3.63, 3.8) is 0 Å². The van der Waals surface area contributed by atoms with Crippen LogP contribution in [0.3, 0.4) is 0 Å². The van der Waals surface area contributed by atoms with E-state index in [1.54, 1.807) is 0 Å². The molecular weight excluding hydrogens is 312 g/mol. The highest BCUT2D eigenvalue weighted by Gasteiger charge is 2.29. The average Bonchev–Trinajstić information content (AvgIpc) is 2.45. The second-order valence-corrected chi connectivity index (χ2v) is 7.51. The molecule has 0 spiro atoms. The highest BCUT2D eigenvalue weighted by molar-refractivity contribution is 5.76. The summed E-state index contributed by atoms with van der Waals surface area (Å²) in [6.45, 7) is 7.54. The summed E-state index contributed by atoms with van der Waals surface area (Å²) in [5, 5.41) is 3.33. The number of esters is 1. The molecule has 2 atom stereocenters. The van der Waals surface area contributed by atoms with Crippen LogP contribution in [0.5, 0.6) is 0 Å². The molecule has 0 saturated heterocycles. The van der Waals surface area contributed by atoms with E-state index >= 15 is 0 Å². The molecule has 3 nitrogen and oxygen atoms in total. The van der Waals surface area contributed by atoms with Gasteiger partial charge in [-0.25, -0.2) is 8.78 Å². The lowest BCUT2D eigenvalue weighted by atomic mass is 9.87. The third kappa shape index (κ3) is 5.00. The van der Waals surface area contributed by atoms with E-state index in [9.17, 15) is 13.6 Å². The van der Waals surface area contributed by atoms with Crippen LogP contribution in [0.2, 0.25) is 0 Å². The molecule has 134 valence electrons. The summed E-state index contributed by atoms with van der Waals surface area (Å²) < 4.78 is 32.8. The molecule has 0 amide bonds. The summed E-state index contributed by atoms with van der Waals surface area (Å²) in [6, 6.07) is 1.93. The van der Waals surface area contributed by atoms with Crippen molar-refractivity contribution in [3.8, 4) is 0 Å². The molecule has 1 aromatic carbocycles. The average molecular weight is 339 g/mol. The van der Waals surface area contributed by atoms with Crippen LogP contribution >= 0.6 is 0 Å². The first-order chi connectivity index (χ1) is 11.2. The number of carbonyl (C=O) groups is 1. The Bertz CT molecular complexity index is 596. The first-order valence-corrected chi connectivity index (χ1v) is 8.65. The number of rotatable bonds is 5. The maximum Gasteiger partial charge on any atom is 0.323 e. The number of fused-ring (bicyclic) bond motifs is 1. The van der Waals surface area contributed by atoms with E-state index in [1.807, 2.05) is 27.7 Å². The number of hydrogen-bond acceptors (Lipinski definition) is 3. The molecule has 0 aliphatic heterocycles. The zero-order chi connectivity index (χ0) is 17.9. The van der Waals surface area contributed by atoms with Gasteiger partial charge in [-0.1, -0.05) is 13.3 Å². The molecule has 0 unspecified atom stereocenters. The normalized spacial score (nSPS) is 18.8. The zero-order valence-electron chi connectivity index (χ0n) is 14.9.